The molecule has 5 heteroatoms. The highest BCUT2D eigenvalue weighted by atomic mass is 16.1. The van der Waals surface area contributed by atoms with Crippen LogP contribution < -0.4 is 11.1 Å². The molecule has 0 atom stereocenters. The Morgan fingerprint density at radius 1 is 1.28 bits per heavy atom. The summed E-state index contributed by atoms with van der Waals surface area (Å²) in [6.45, 7) is 2.09. The zero-order valence-corrected chi connectivity index (χ0v) is 10.1. The second-order valence-corrected chi connectivity index (χ2v) is 3.79. The first-order valence-corrected chi connectivity index (χ1v) is 5.67. The van der Waals surface area contributed by atoms with Gasteiger partial charge in [0.2, 0.25) is 0 Å². The number of rotatable bonds is 4. The van der Waals surface area contributed by atoms with Crippen molar-refractivity contribution in [1.29, 1.82) is 0 Å². The Balaban J connectivity index is 2.21. The van der Waals surface area contributed by atoms with Crippen molar-refractivity contribution in [3.05, 3.63) is 47.9 Å². The predicted octanol–water partition coefficient (Wildman–Crippen LogP) is 1.88. The lowest BCUT2D eigenvalue weighted by Gasteiger charge is -2.09. The van der Waals surface area contributed by atoms with Gasteiger partial charge in [-0.3, -0.25) is 4.79 Å². The third-order valence-electron chi connectivity index (χ3n) is 2.57. The van der Waals surface area contributed by atoms with Crippen LogP contribution in [0.2, 0.25) is 0 Å². The number of carbonyl (C=O) groups excluding carboxylic acids is 1. The number of amides is 1. The van der Waals surface area contributed by atoms with Gasteiger partial charge in [0.05, 0.1) is 12.4 Å². The third kappa shape index (κ3) is 2.63. The van der Waals surface area contributed by atoms with Crippen LogP contribution in [0.1, 0.15) is 23.0 Å². The summed E-state index contributed by atoms with van der Waals surface area (Å²) in [5.74, 6) is 0.00362. The Morgan fingerprint density at radius 2 is 2.06 bits per heavy atom. The molecule has 2 aromatic rings. The van der Waals surface area contributed by atoms with Gasteiger partial charge in [0.15, 0.2) is 0 Å². The van der Waals surface area contributed by atoms with Crippen LogP contribution in [0.3, 0.4) is 0 Å². The number of para-hydroxylation sites is 1. The second kappa shape index (κ2) is 5.27. The molecule has 3 N–H and O–H groups in total. The van der Waals surface area contributed by atoms with E-state index in [1.54, 1.807) is 0 Å². The number of hydrogen-bond acceptors (Lipinski definition) is 4. The summed E-state index contributed by atoms with van der Waals surface area (Å²) in [6.07, 6.45) is 3.78. The van der Waals surface area contributed by atoms with Crippen molar-refractivity contribution in [2.24, 2.45) is 5.73 Å². The number of nitrogens with two attached hydrogens (primary N) is 1. The van der Waals surface area contributed by atoms with E-state index in [9.17, 15) is 4.79 Å². The van der Waals surface area contributed by atoms with Crippen molar-refractivity contribution in [3.63, 3.8) is 0 Å². The summed E-state index contributed by atoms with van der Waals surface area (Å²) in [5.41, 5.74) is 7.44. The molecule has 0 saturated heterocycles. The summed E-state index contributed by atoms with van der Waals surface area (Å²) in [7, 11) is 0. The monoisotopic (exact) mass is 242 g/mol. The molecule has 0 bridgehead atoms. The molecule has 92 valence electrons. The lowest BCUT2D eigenvalue weighted by Crippen LogP contribution is -2.13. The first-order chi connectivity index (χ1) is 8.70. The van der Waals surface area contributed by atoms with Gasteiger partial charge in [0, 0.05) is 5.69 Å². The summed E-state index contributed by atoms with van der Waals surface area (Å²) in [5, 5.41) is 3.16. The molecule has 0 aliphatic heterocycles. The topological polar surface area (TPSA) is 80.9 Å². The van der Waals surface area contributed by atoms with Crippen molar-refractivity contribution >= 4 is 17.4 Å². The second-order valence-electron chi connectivity index (χ2n) is 3.79. The number of aromatic nitrogens is 2. The lowest BCUT2D eigenvalue weighted by atomic mass is 10.1. The third-order valence-corrected chi connectivity index (χ3v) is 2.57. The lowest BCUT2D eigenvalue weighted by molar-refractivity contribution is 0.0995. The molecule has 1 amide bonds. The van der Waals surface area contributed by atoms with Crippen LogP contribution in [0.5, 0.6) is 0 Å². The number of carbonyl (C=O) groups is 1. The van der Waals surface area contributed by atoms with Gasteiger partial charge in [-0.1, -0.05) is 25.1 Å². The van der Waals surface area contributed by atoms with E-state index in [1.807, 2.05) is 24.3 Å². The summed E-state index contributed by atoms with van der Waals surface area (Å²) >= 11 is 0. The molecule has 5 nitrogen and oxygen atoms in total. The fourth-order valence-electron chi connectivity index (χ4n) is 1.61. The van der Waals surface area contributed by atoms with Crippen molar-refractivity contribution < 1.29 is 4.79 Å². The van der Waals surface area contributed by atoms with Gasteiger partial charge in [-0.05, 0) is 18.1 Å². The van der Waals surface area contributed by atoms with Crippen LogP contribution in [0.15, 0.2) is 36.7 Å². The van der Waals surface area contributed by atoms with Crippen molar-refractivity contribution in [3.8, 4) is 0 Å². The molecule has 0 fully saturated rings. The molecule has 0 aliphatic rings. The van der Waals surface area contributed by atoms with E-state index in [0.717, 1.165) is 12.1 Å². The van der Waals surface area contributed by atoms with Gasteiger partial charge in [0.25, 0.3) is 5.91 Å². The van der Waals surface area contributed by atoms with Crippen LogP contribution in [0.4, 0.5) is 11.5 Å². The summed E-state index contributed by atoms with van der Waals surface area (Å²) in [4.78, 5) is 18.9. The Morgan fingerprint density at radius 3 is 2.67 bits per heavy atom. The molecular weight excluding hydrogens is 228 g/mol. The van der Waals surface area contributed by atoms with E-state index in [0.29, 0.717) is 5.82 Å². The largest absolute Gasteiger partial charge is 0.364 e. The Bertz CT molecular complexity index is 551. The van der Waals surface area contributed by atoms with Crippen LogP contribution in [0.25, 0.3) is 0 Å². The normalized spacial score (nSPS) is 10.1. The van der Waals surface area contributed by atoms with Gasteiger partial charge in [-0.15, -0.1) is 0 Å². The quantitative estimate of drug-likeness (QED) is 0.857. The molecule has 0 spiro atoms. The molecule has 1 heterocycles. The zero-order chi connectivity index (χ0) is 13.0. The van der Waals surface area contributed by atoms with Crippen LogP contribution in [0, 0.1) is 0 Å². The number of hydrogen-bond donors (Lipinski definition) is 2. The van der Waals surface area contributed by atoms with Gasteiger partial charge < -0.3 is 11.1 Å². The highest BCUT2D eigenvalue weighted by Crippen LogP contribution is 2.19. The number of benzene rings is 1. The van der Waals surface area contributed by atoms with Crippen molar-refractivity contribution in [1.82, 2.24) is 9.97 Å². The Kier molecular flexibility index (Phi) is 3.52. The maximum atomic E-state index is 10.9. The summed E-state index contributed by atoms with van der Waals surface area (Å²) < 4.78 is 0. The molecule has 0 radical (unpaired) electrons. The maximum Gasteiger partial charge on any atom is 0.268 e. The average Bonchev–Trinajstić information content (AvgIpc) is 2.40. The van der Waals surface area contributed by atoms with Crippen LogP contribution >= 0.6 is 0 Å². The molecule has 0 aliphatic carbocycles. The van der Waals surface area contributed by atoms with E-state index in [4.69, 9.17) is 5.73 Å². The first kappa shape index (κ1) is 12.0. The number of anilines is 2. The number of aryl methyl sites for hydroxylation is 1. The average molecular weight is 242 g/mol. The van der Waals surface area contributed by atoms with Gasteiger partial charge in [-0.2, -0.15) is 0 Å². The minimum Gasteiger partial charge on any atom is -0.364 e. The van der Waals surface area contributed by atoms with E-state index in [2.05, 4.69) is 22.2 Å². The van der Waals surface area contributed by atoms with Crippen LogP contribution in [-0.4, -0.2) is 15.9 Å². The number of primary amides is 1. The number of nitrogens with zero attached hydrogens (tertiary/aromatic N) is 2. The highest BCUT2D eigenvalue weighted by molar-refractivity contribution is 5.90. The van der Waals surface area contributed by atoms with E-state index in [-0.39, 0.29) is 5.69 Å². The van der Waals surface area contributed by atoms with Gasteiger partial charge in [0.1, 0.15) is 11.5 Å². The van der Waals surface area contributed by atoms with Gasteiger partial charge >= 0.3 is 0 Å². The fraction of sp³-hybridized carbons (Fsp3) is 0.154. The molecule has 1 aromatic heterocycles. The molecule has 0 unspecified atom stereocenters. The van der Waals surface area contributed by atoms with E-state index >= 15 is 0 Å². The minimum absolute atomic E-state index is 0.157. The standard InChI is InChI=1S/C13H14N4O/c1-2-9-5-3-4-6-10(9)17-12-8-15-11(7-16-12)13(14)18/h3-8H,2H2,1H3,(H2,14,18)(H,16,17). The molecule has 18 heavy (non-hydrogen) atoms. The predicted molar refractivity (Wildman–Crippen MR) is 69.7 cm³/mol. The maximum absolute atomic E-state index is 10.9. The van der Waals surface area contributed by atoms with Crippen LogP contribution in [-0.2, 0) is 6.42 Å². The van der Waals surface area contributed by atoms with Crippen molar-refractivity contribution in [2.75, 3.05) is 5.32 Å². The smallest absolute Gasteiger partial charge is 0.268 e. The molecule has 2 rings (SSSR count). The SMILES string of the molecule is CCc1ccccc1Nc1cnc(C(N)=O)cn1. The highest BCUT2D eigenvalue weighted by Gasteiger charge is 2.04. The minimum atomic E-state index is -0.581. The van der Waals surface area contributed by atoms with Crippen molar-refractivity contribution in [2.45, 2.75) is 13.3 Å². The van der Waals surface area contributed by atoms with E-state index < -0.39 is 5.91 Å². The zero-order valence-electron chi connectivity index (χ0n) is 10.1. The van der Waals surface area contributed by atoms with E-state index in [1.165, 1.54) is 18.0 Å². The van der Waals surface area contributed by atoms with Gasteiger partial charge in [-0.25, -0.2) is 9.97 Å². The molecule has 0 saturated carbocycles. The first-order valence-electron chi connectivity index (χ1n) is 5.67. The number of nitrogens with one attached hydrogen (secondary N) is 1. The molecular formula is C13H14N4O. The summed E-state index contributed by atoms with van der Waals surface area (Å²) in [6, 6.07) is 7.97. The Labute approximate surface area is 105 Å². The Hall–Kier alpha value is -2.43. The fourth-order valence-corrected chi connectivity index (χ4v) is 1.61. The molecule has 1 aromatic carbocycles.